The maximum absolute atomic E-state index is 2.21. The van der Waals surface area contributed by atoms with Gasteiger partial charge in [0, 0.05) is 0 Å². The first-order valence-corrected chi connectivity index (χ1v) is 5.77. The predicted octanol–water partition coefficient (Wildman–Crippen LogP) is 2.75. The van der Waals surface area contributed by atoms with E-state index in [0.29, 0.717) is 0 Å². The van der Waals surface area contributed by atoms with Crippen LogP contribution in [0.4, 0.5) is 0 Å². The van der Waals surface area contributed by atoms with E-state index in [1.54, 1.807) is 0 Å². The fraction of sp³-hybridized carbons (Fsp3) is 0.200. The lowest BCUT2D eigenvalue weighted by atomic mass is 9.85. The van der Waals surface area contributed by atoms with E-state index in [1.165, 1.54) is 32.9 Å². The zero-order valence-corrected chi connectivity index (χ0v) is 10.5. The van der Waals surface area contributed by atoms with Gasteiger partial charge in [-0.2, -0.15) is 0 Å². The molecule has 0 atom stereocenters. The molecule has 2 rings (SSSR count). The molecule has 0 nitrogen and oxygen atoms in total. The third-order valence-corrected chi connectivity index (χ3v) is 3.36. The lowest BCUT2D eigenvalue weighted by Gasteiger charge is -2.11. The highest BCUT2D eigenvalue weighted by Gasteiger charge is 2.05. The Morgan fingerprint density at radius 1 is 1.00 bits per heavy atom. The summed E-state index contributed by atoms with van der Waals surface area (Å²) < 4.78 is 0. The average molecular weight is 208 g/mol. The summed E-state index contributed by atoms with van der Waals surface area (Å²) in [6, 6.07) is 8.83. The number of fused-ring (bicyclic) bond motifs is 1. The molecular weight excluding hydrogens is 191 g/mol. The normalized spacial score (nSPS) is 11.4. The van der Waals surface area contributed by atoms with Crippen LogP contribution in [0.5, 0.6) is 0 Å². The van der Waals surface area contributed by atoms with Crippen LogP contribution in [0.3, 0.4) is 0 Å². The Morgan fingerprint density at radius 2 is 1.69 bits per heavy atom. The summed E-state index contributed by atoms with van der Waals surface area (Å²) in [5.74, 6) is 0. The van der Waals surface area contributed by atoms with Gasteiger partial charge in [0.15, 0.2) is 0 Å². The SMILES string of the molecule is Bc1ccc2ccc(/C=C\C)c(C)c2c1C. The summed E-state index contributed by atoms with van der Waals surface area (Å²) in [6.07, 6.45) is 4.27. The van der Waals surface area contributed by atoms with E-state index in [4.69, 9.17) is 0 Å². The Balaban J connectivity index is 2.86. The number of rotatable bonds is 1. The molecule has 80 valence electrons. The molecule has 0 heterocycles. The maximum Gasteiger partial charge on any atom is 0.139 e. The van der Waals surface area contributed by atoms with Crippen LogP contribution in [0.15, 0.2) is 30.3 Å². The molecule has 16 heavy (non-hydrogen) atoms. The van der Waals surface area contributed by atoms with Gasteiger partial charge in [-0.15, -0.1) is 0 Å². The molecule has 2 aromatic carbocycles. The van der Waals surface area contributed by atoms with Gasteiger partial charge in [-0.3, -0.25) is 0 Å². The first kappa shape index (κ1) is 11.0. The van der Waals surface area contributed by atoms with E-state index >= 15 is 0 Å². The van der Waals surface area contributed by atoms with Crippen molar-refractivity contribution in [1.29, 1.82) is 0 Å². The molecule has 0 saturated carbocycles. The second kappa shape index (κ2) is 4.17. The molecule has 0 aromatic heterocycles. The van der Waals surface area contributed by atoms with Crippen LogP contribution < -0.4 is 5.46 Å². The average Bonchev–Trinajstić information content (AvgIpc) is 2.27. The molecule has 1 heteroatoms. The molecule has 0 spiro atoms. The Morgan fingerprint density at radius 3 is 2.38 bits per heavy atom. The Labute approximate surface area is 98.4 Å². The molecule has 0 saturated heterocycles. The van der Waals surface area contributed by atoms with E-state index in [1.807, 2.05) is 0 Å². The molecule has 2 aromatic rings. The van der Waals surface area contributed by atoms with Crippen molar-refractivity contribution in [2.75, 3.05) is 0 Å². The van der Waals surface area contributed by atoms with Crippen molar-refractivity contribution >= 4 is 30.2 Å². The van der Waals surface area contributed by atoms with Crippen LogP contribution in [0.25, 0.3) is 16.8 Å². The number of allylic oxidation sites excluding steroid dienone is 1. The smallest absolute Gasteiger partial charge is 0.0871 e. The fourth-order valence-electron chi connectivity index (χ4n) is 2.28. The molecule has 0 aliphatic carbocycles. The van der Waals surface area contributed by atoms with Crippen molar-refractivity contribution in [2.24, 2.45) is 0 Å². The molecule has 0 unspecified atom stereocenters. The summed E-state index contributed by atoms with van der Waals surface area (Å²) in [5.41, 5.74) is 5.48. The fourth-order valence-corrected chi connectivity index (χ4v) is 2.28. The topological polar surface area (TPSA) is 0 Å². The van der Waals surface area contributed by atoms with E-state index in [2.05, 4.69) is 65.0 Å². The third kappa shape index (κ3) is 1.67. The monoisotopic (exact) mass is 208 g/mol. The van der Waals surface area contributed by atoms with Crippen molar-refractivity contribution in [1.82, 2.24) is 0 Å². The minimum Gasteiger partial charge on any atom is -0.0871 e. The van der Waals surface area contributed by atoms with Crippen LogP contribution in [0, 0.1) is 13.8 Å². The van der Waals surface area contributed by atoms with Crippen molar-refractivity contribution in [3.63, 3.8) is 0 Å². The summed E-state index contributed by atoms with van der Waals surface area (Å²) in [5, 5.41) is 2.75. The predicted molar refractivity (Wildman–Crippen MR) is 76.3 cm³/mol. The summed E-state index contributed by atoms with van der Waals surface area (Å²) in [6.45, 7) is 6.49. The minimum absolute atomic E-state index is 1.32. The van der Waals surface area contributed by atoms with Crippen molar-refractivity contribution in [3.8, 4) is 0 Å². The molecule has 0 bridgehead atoms. The Bertz CT molecular complexity index is 565. The van der Waals surface area contributed by atoms with Gasteiger partial charge in [0.1, 0.15) is 7.85 Å². The van der Waals surface area contributed by atoms with Gasteiger partial charge in [0.2, 0.25) is 0 Å². The molecule has 0 aliphatic heterocycles. The molecule has 0 amide bonds. The van der Waals surface area contributed by atoms with Crippen LogP contribution >= 0.6 is 0 Å². The third-order valence-electron chi connectivity index (χ3n) is 3.36. The second-order valence-corrected chi connectivity index (χ2v) is 4.39. The second-order valence-electron chi connectivity index (χ2n) is 4.39. The van der Waals surface area contributed by atoms with Crippen molar-refractivity contribution < 1.29 is 0 Å². The van der Waals surface area contributed by atoms with Crippen LogP contribution in [0.1, 0.15) is 23.6 Å². The van der Waals surface area contributed by atoms with Gasteiger partial charge in [-0.05, 0) is 48.2 Å². The highest BCUT2D eigenvalue weighted by Crippen LogP contribution is 2.24. The van der Waals surface area contributed by atoms with Crippen molar-refractivity contribution in [2.45, 2.75) is 20.8 Å². The zero-order chi connectivity index (χ0) is 11.7. The Kier molecular flexibility index (Phi) is 2.87. The molecule has 0 aliphatic rings. The van der Waals surface area contributed by atoms with Crippen molar-refractivity contribution in [3.05, 3.63) is 47.0 Å². The van der Waals surface area contributed by atoms with Gasteiger partial charge >= 0.3 is 0 Å². The first-order valence-electron chi connectivity index (χ1n) is 5.77. The van der Waals surface area contributed by atoms with E-state index in [0.717, 1.165) is 0 Å². The standard InChI is InChI=1S/C15H17B/c1-4-5-12-6-7-13-8-9-14(16)11(3)15(13)10(12)2/h4-9H,16H2,1-3H3/b5-4-. The highest BCUT2D eigenvalue weighted by atomic mass is 14.1. The minimum atomic E-state index is 1.32. The van der Waals surface area contributed by atoms with E-state index < -0.39 is 0 Å². The van der Waals surface area contributed by atoms with E-state index in [9.17, 15) is 0 Å². The lowest BCUT2D eigenvalue weighted by molar-refractivity contribution is 1.46. The first-order chi connectivity index (χ1) is 7.65. The number of hydrogen-bond donors (Lipinski definition) is 0. The van der Waals surface area contributed by atoms with E-state index in [-0.39, 0.29) is 0 Å². The molecule has 0 radical (unpaired) electrons. The van der Waals surface area contributed by atoms with Crippen LogP contribution in [0.2, 0.25) is 0 Å². The van der Waals surface area contributed by atoms with Gasteiger partial charge in [0.05, 0.1) is 0 Å². The van der Waals surface area contributed by atoms with Crippen LogP contribution in [-0.4, -0.2) is 7.85 Å². The largest absolute Gasteiger partial charge is 0.139 e. The number of hydrogen-bond acceptors (Lipinski definition) is 0. The Hall–Kier alpha value is -1.50. The lowest BCUT2D eigenvalue weighted by Crippen LogP contribution is -2.07. The quantitative estimate of drug-likeness (QED) is 0.632. The number of aryl methyl sites for hydroxylation is 2. The van der Waals surface area contributed by atoms with Gasteiger partial charge in [0.25, 0.3) is 0 Å². The summed E-state index contributed by atoms with van der Waals surface area (Å²) >= 11 is 0. The van der Waals surface area contributed by atoms with Gasteiger partial charge < -0.3 is 0 Å². The summed E-state index contributed by atoms with van der Waals surface area (Å²) in [4.78, 5) is 0. The van der Waals surface area contributed by atoms with Crippen LogP contribution in [-0.2, 0) is 0 Å². The maximum atomic E-state index is 2.21. The molecule has 0 N–H and O–H groups in total. The highest BCUT2D eigenvalue weighted by molar-refractivity contribution is 6.34. The molecule has 0 fully saturated rings. The number of benzene rings is 2. The van der Waals surface area contributed by atoms with Gasteiger partial charge in [-0.1, -0.05) is 41.9 Å². The zero-order valence-electron chi connectivity index (χ0n) is 10.5. The van der Waals surface area contributed by atoms with Gasteiger partial charge in [-0.25, -0.2) is 0 Å². The molecular formula is C15H17B. The summed E-state index contributed by atoms with van der Waals surface area (Å²) in [7, 11) is 2.18.